The van der Waals surface area contributed by atoms with Crippen LogP contribution in [0, 0.1) is 12.8 Å². The Balaban J connectivity index is 1.57. The molecule has 1 aromatic rings. The van der Waals surface area contributed by atoms with E-state index in [1.807, 2.05) is 6.92 Å². The highest BCUT2D eigenvalue weighted by atomic mass is 16.4. The molecule has 1 aromatic heterocycles. The average molecular weight is 330 g/mol. The zero-order valence-electron chi connectivity index (χ0n) is 14.9. The van der Waals surface area contributed by atoms with Gasteiger partial charge in [-0.1, -0.05) is 32.1 Å². The summed E-state index contributed by atoms with van der Waals surface area (Å²) in [5.41, 5.74) is 0.786. The van der Waals surface area contributed by atoms with Crippen molar-refractivity contribution in [2.45, 2.75) is 89.5 Å². The van der Waals surface area contributed by atoms with Crippen LogP contribution in [0.1, 0.15) is 98.7 Å². The van der Waals surface area contributed by atoms with Gasteiger partial charge in [0.15, 0.2) is 5.89 Å². The number of amides is 1. The van der Waals surface area contributed by atoms with E-state index in [1.54, 1.807) is 0 Å². The van der Waals surface area contributed by atoms with Crippen LogP contribution in [0.2, 0.25) is 0 Å². The molecule has 3 fully saturated rings. The van der Waals surface area contributed by atoms with Crippen LogP contribution >= 0.6 is 0 Å². The number of aromatic nitrogens is 1. The topological polar surface area (TPSA) is 46.3 Å². The van der Waals surface area contributed by atoms with Crippen LogP contribution in [0.5, 0.6) is 0 Å². The second kappa shape index (κ2) is 6.89. The van der Waals surface area contributed by atoms with Crippen LogP contribution in [0.4, 0.5) is 0 Å². The van der Waals surface area contributed by atoms with E-state index in [9.17, 15) is 4.79 Å². The number of rotatable bonds is 3. The number of carbonyl (C=O) groups excluding carboxylic acids is 1. The normalized spacial score (nSPS) is 26.4. The summed E-state index contributed by atoms with van der Waals surface area (Å²) in [6.45, 7) is 2.81. The maximum atomic E-state index is 13.3. The molecule has 1 amide bonds. The number of likely N-dealkylation sites (tertiary alicyclic amines) is 1. The molecule has 0 radical (unpaired) electrons. The maximum absolute atomic E-state index is 13.3. The Morgan fingerprint density at radius 2 is 1.71 bits per heavy atom. The number of nitrogens with zero attached hydrogens (tertiary/aromatic N) is 2. The molecule has 1 aliphatic heterocycles. The fourth-order valence-electron chi connectivity index (χ4n) is 4.65. The Labute approximate surface area is 145 Å². The van der Waals surface area contributed by atoms with Crippen molar-refractivity contribution in [3.05, 3.63) is 17.3 Å². The molecule has 0 N–H and O–H groups in total. The Morgan fingerprint density at radius 1 is 1.00 bits per heavy atom. The average Bonchev–Trinajstić information content (AvgIpc) is 3.41. The summed E-state index contributed by atoms with van der Waals surface area (Å²) >= 11 is 0. The van der Waals surface area contributed by atoms with E-state index in [0.717, 1.165) is 37.4 Å². The van der Waals surface area contributed by atoms with Gasteiger partial charge in [-0.3, -0.25) is 4.79 Å². The molecule has 1 saturated heterocycles. The Morgan fingerprint density at radius 3 is 2.46 bits per heavy atom. The van der Waals surface area contributed by atoms with Crippen molar-refractivity contribution in [1.82, 2.24) is 9.88 Å². The van der Waals surface area contributed by atoms with Crippen molar-refractivity contribution in [3.63, 3.8) is 0 Å². The monoisotopic (exact) mass is 330 g/mol. The summed E-state index contributed by atoms with van der Waals surface area (Å²) < 4.78 is 5.93. The predicted octanol–water partition coefficient (Wildman–Crippen LogP) is 4.83. The molecule has 2 heterocycles. The summed E-state index contributed by atoms with van der Waals surface area (Å²) in [4.78, 5) is 20.0. The summed E-state index contributed by atoms with van der Waals surface area (Å²) in [5, 5.41) is 0. The van der Waals surface area contributed by atoms with Crippen molar-refractivity contribution in [2.24, 2.45) is 5.92 Å². The maximum Gasteiger partial charge on any atom is 0.291 e. The molecule has 0 aromatic carbocycles. The third-order valence-electron chi connectivity index (χ3n) is 6.19. The van der Waals surface area contributed by atoms with E-state index in [0.29, 0.717) is 23.6 Å². The predicted molar refractivity (Wildman–Crippen MR) is 93.1 cm³/mol. The SMILES string of the molecule is Cc1nc(C2CC2)oc1C(=O)N1CCCCC[C@H]1C1CCCCC1. The zero-order chi connectivity index (χ0) is 16.5. The lowest BCUT2D eigenvalue weighted by atomic mass is 9.81. The number of hydrogen-bond donors (Lipinski definition) is 0. The van der Waals surface area contributed by atoms with Gasteiger partial charge in [-0.2, -0.15) is 0 Å². The molecule has 0 spiro atoms. The number of hydrogen-bond acceptors (Lipinski definition) is 3. The molecule has 24 heavy (non-hydrogen) atoms. The van der Waals surface area contributed by atoms with Gasteiger partial charge in [0.05, 0.1) is 5.69 Å². The summed E-state index contributed by atoms with van der Waals surface area (Å²) in [7, 11) is 0. The first-order chi connectivity index (χ1) is 11.7. The highest BCUT2D eigenvalue weighted by Crippen LogP contribution is 2.40. The first-order valence-corrected chi connectivity index (χ1v) is 10.0. The van der Waals surface area contributed by atoms with Crippen molar-refractivity contribution < 1.29 is 9.21 Å². The second-order valence-electron chi connectivity index (χ2n) is 8.05. The van der Waals surface area contributed by atoms with Gasteiger partial charge in [-0.25, -0.2) is 4.98 Å². The third kappa shape index (κ3) is 3.25. The molecule has 2 saturated carbocycles. The fourth-order valence-corrected chi connectivity index (χ4v) is 4.65. The quantitative estimate of drug-likeness (QED) is 0.798. The van der Waals surface area contributed by atoms with E-state index in [4.69, 9.17) is 4.42 Å². The molecule has 3 aliphatic rings. The van der Waals surface area contributed by atoms with E-state index < -0.39 is 0 Å². The summed E-state index contributed by atoms with van der Waals surface area (Å²) in [6, 6.07) is 0.411. The standard InChI is InChI=1S/C20H30N2O2/c1-14-18(24-19(21-14)16-11-12-16)20(23)22-13-7-3-6-10-17(22)15-8-4-2-5-9-15/h15-17H,2-13H2,1H3/t17-/m0/s1. The van der Waals surface area contributed by atoms with Crippen LogP contribution in [0.25, 0.3) is 0 Å². The van der Waals surface area contributed by atoms with E-state index >= 15 is 0 Å². The lowest BCUT2D eigenvalue weighted by Gasteiger charge is -2.37. The third-order valence-corrected chi connectivity index (χ3v) is 6.19. The van der Waals surface area contributed by atoms with Gasteiger partial charge in [0.25, 0.3) is 5.91 Å². The van der Waals surface area contributed by atoms with E-state index in [2.05, 4.69) is 9.88 Å². The van der Waals surface area contributed by atoms with Crippen LogP contribution < -0.4 is 0 Å². The zero-order valence-corrected chi connectivity index (χ0v) is 14.9. The van der Waals surface area contributed by atoms with Crippen molar-refractivity contribution in [1.29, 1.82) is 0 Å². The van der Waals surface area contributed by atoms with Gasteiger partial charge in [0.2, 0.25) is 5.76 Å². The Hall–Kier alpha value is -1.32. The highest BCUT2D eigenvalue weighted by Gasteiger charge is 2.36. The molecule has 4 rings (SSSR count). The van der Waals surface area contributed by atoms with Gasteiger partial charge in [-0.15, -0.1) is 0 Å². The van der Waals surface area contributed by atoms with Gasteiger partial charge in [-0.05, 0) is 51.4 Å². The first-order valence-electron chi connectivity index (χ1n) is 10.0. The Bertz CT molecular complexity index is 584. The van der Waals surface area contributed by atoms with Crippen molar-refractivity contribution in [3.8, 4) is 0 Å². The molecule has 132 valence electrons. The fraction of sp³-hybridized carbons (Fsp3) is 0.800. The Kier molecular flexibility index (Phi) is 4.64. The second-order valence-corrected chi connectivity index (χ2v) is 8.05. The molecule has 4 nitrogen and oxygen atoms in total. The van der Waals surface area contributed by atoms with Crippen LogP contribution in [0.15, 0.2) is 4.42 Å². The minimum Gasteiger partial charge on any atom is -0.435 e. The van der Waals surface area contributed by atoms with Crippen molar-refractivity contribution in [2.75, 3.05) is 6.54 Å². The number of carbonyl (C=O) groups is 1. The van der Waals surface area contributed by atoms with Gasteiger partial charge >= 0.3 is 0 Å². The molecule has 2 aliphatic carbocycles. The minimum atomic E-state index is 0.101. The highest BCUT2D eigenvalue weighted by molar-refractivity contribution is 5.92. The minimum absolute atomic E-state index is 0.101. The number of oxazole rings is 1. The lowest BCUT2D eigenvalue weighted by Crippen LogP contribution is -2.45. The lowest BCUT2D eigenvalue weighted by molar-refractivity contribution is 0.0541. The van der Waals surface area contributed by atoms with E-state index in [-0.39, 0.29) is 5.91 Å². The molecule has 0 unspecified atom stereocenters. The van der Waals surface area contributed by atoms with Crippen LogP contribution in [-0.4, -0.2) is 28.4 Å². The molecular weight excluding hydrogens is 300 g/mol. The van der Waals surface area contributed by atoms with Gasteiger partial charge < -0.3 is 9.32 Å². The smallest absolute Gasteiger partial charge is 0.291 e. The molecule has 0 bridgehead atoms. The largest absolute Gasteiger partial charge is 0.435 e. The van der Waals surface area contributed by atoms with Gasteiger partial charge in [0.1, 0.15) is 0 Å². The van der Waals surface area contributed by atoms with Crippen LogP contribution in [0.3, 0.4) is 0 Å². The number of aryl methyl sites for hydroxylation is 1. The molecule has 4 heteroatoms. The summed E-state index contributed by atoms with van der Waals surface area (Å²) in [5.74, 6) is 2.55. The van der Waals surface area contributed by atoms with E-state index in [1.165, 1.54) is 51.4 Å². The first kappa shape index (κ1) is 16.2. The van der Waals surface area contributed by atoms with Crippen molar-refractivity contribution >= 4 is 5.91 Å². The molecular formula is C20H30N2O2. The van der Waals surface area contributed by atoms with Crippen LogP contribution in [-0.2, 0) is 0 Å². The van der Waals surface area contributed by atoms with Gasteiger partial charge in [0, 0.05) is 18.5 Å². The molecule has 1 atom stereocenters. The summed E-state index contributed by atoms with van der Waals surface area (Å²) in [6.07, 6.45) is 13.7.